The zero-order valence-corrected chi connectivity index (χ0v) is 10.4. The number of rotatable bonds is 4. The third-order valence-corrected chi connectivity index (χ3v) is 2.77. The molecule has 4 nitrogen and oxygen atoms in total. The van der Waals surface area contributed by atoms with Crippen molar-refractivity contribution in [1.82, 2.24) is 5.32 Å². The SMILES string of the molecule is CCC(C)(CO)NC(=O)[C@@H](N)C(C)(C)C. The van der Waals surface area contributed by atoms with Gasteiger partial charge in [-0.15, -0.1) is 0 Å². The summed E-state index contributed by atoms with van der Waals surface area (Å²) in [5, 5.41) is 11.9. The van der Waals surface area contributed by atoms with Gasteiger partial charge < -0.3 is 16.2 Å². The van der Waals surface area contributed by atoms with Crippen molar-refractivity contribution in [3.63, 3.8) is 0 Å². The molecule has 90 valence electrons. The van der Waals surface area contributed by atoms with E-state index in [1.54, 1.807) is 6.92 Å². The van der Waals surface area contributed by atoms with Crippen LogP contribution in [-0.4, -0.2) is 29.2 Å². The van der Waals surface area contributed by atoms with Gasteiger partial charge in [-0.3, -0.25) is 4.79 Å². The Labute approximate surface area is 92.2 Å². The van der Waals surface area contributed by atoms with Crippen LogP contribution in [0.5, 0.6) is 0 Å². The van der Waals surface area contributed by atoms with Crippen molar-refractivity contribution < 1.29 is 9.90 Å². The van der Waals surface area contributed by atoms with Gasteiger partial charge in [0.1, 0.15) is 0 Å². The first-order chi connectivity index (χ1) is 6.66. The molecule has 4 N–H and O–H groups in total. The fourth-order valence-corrected chi connectivity index (χ4v) is 1.01. The first kappa shape index (κ1) is 14.4. The summed E-state index contributed by atoms with van der Waals surface area (Å²) in [7, 11) is 0. The lowest BCUT2D eigenvalue weighted by Gasteiger charge is -2.32. The van der Waals surface area contributed by atoms with E-state index in [-0.39, 0.29) is 17.9 Å². The van der Waals surface area contributed by atoms with Crippen LogP contribution in [0.4, 0.5) is 0 Å². The molecule has 0 aromatic carbocycles. The Balaban J connectivity index is 4.49. The molecule has 0 bridgehead atoms. The molecule has 0 aromatic heterocycles. The van der Waals surface area contributed by atoms with Crippen LogP contribution in [-0.2, 0) is 4.79 Å². The number of carbonyl (C=O) groups excluding carboxylic acids is 1. The summed E-state index contributed by atoms with van der Waals surface area (Å²) in [4.78, 5) is 11.8. The zero-order chi connectivity index (χ0) is 12.3. The number of hydrogen-bond acceptors (Lipinski definition) is 3. The van der Waals surface area contributed by atoms with Gasteiger partial charge in [-0.2, -0.15) is 0 Å². The molecule has 0 spiro atoms. The van der Waals surface area contributed by atoms with Crippen LogP contribution in [0.15, 0.2) is 0 Å². The summed E-state index contributed by atoms with van der Waals surface area (Å²) in [6, 6.07) is -0.560. The zero-order valence-electron chi connectivity index (χ0n) is 10.4. The van der Waals surface area contributed by atoms with Crippen molar-refractivity contribution in [3.05, 3.63) is 0 Å². The maximum atomic E-state index is 11.8. The number of aliphatic hydroxyl groups is 1. The first-order valence-corrected chi connectivity index (χ1v) is 5.35. The molecule has 2 atom stereocenters. The van der Waals surface area contributed by atoms with Crippen LogP contribution in [0, 0.1) is 5.41 Å². The van der Waals surface area contributed by atoms with Crippen molar-refractivity contribution >= 4 is 5.91 Å². The fraction of sp³-hybridized carbons (Fsp3) is 0.909. The topological polar surface area (TPSA) is 75.3 Å². The summed E-state index contributed by atoms with van der Waals surface area (Å²) >= 11 is 0. The van der Waals surface area contributed by atoms with Gasteiger partial charge in [-0.25, -0.2) is 0 Å². The molecule has 15 heavy (non-hydrogen) atoms. The highest BCUT2D eigenvalue weighted by molar-refractivity contribution is 5.83. The van der Waals surface area contributed by atoms with Gasteiger partial charge in [0, 0.05) is 0 Å². The molecule has 0 saturated heterocycles. The molecule has 0 fully saturated rings. The van der Waals surface area contributed by atoms with E-state index in [2.05, 4.69) is 5.32 Å². The van der Waals surface area contributed by atoms with E-state index in [1.807, 2.05) is 27.7 Å². The number of carbonyl (C=O) groups is 1. The number of aliphatic hydroxyl groups excluding tert-OH is 1. The molecule has 0 radical (unpaired) electrons. The van der Waals surface area contributed by atoms with E-state index >= 15 is 0 Å². The van der Waals surface area contributed by atoms with Crippen molar-refractivity contribution in [2.45, 2.75) is 52.6 Å². The summed E-state index contributed by atoms with van der Waals surface area (Å²) in [5.41, 5.74) is 4.98. The molecular formula is C11H24N2O2. The fourth-order valence-electron chi connectivity index (χ4n) is 1.01. The van der Waals surface area contributed by atoms with Crippen LogP contribution in [0.1, 0.15) is 41.0 Å². The molecule has 0 saturated carbocycles. The van der Waals surface area contributed by atoms with Crippen molar-refractivity contribution in [1.29, 1.82) is 0 Å². The van der Waals surface area contributed by atoms with Crippen LogP contribution in [0.3, 0.4) is 0 Å². The number of nitrogens with two attached hydrogens (primary N) is 1. The van der Waals surface area contributed by atoms with E-state index in [1.165, 1.54) is 0 Å². The van der Waals surface area contributed by atoms with E-state index < -0.39 is 11.6 Å². The Kier molecular flexibility index (Phi) is 4.74. The average molecular weight is 216 g/mol. The highest BCUT2D eigenvalue weighted by Gasteiger charge is 2.31. The van der Waals surface area contributed by atoms with Crippen molar-refractivity contribution in [2.24, 2.45) is 11.1 Å². The van der Waals surface area contributed by atoms with E-state index in [9.17, 15) is 4.79 Å². The molecule has 1 amide bonds. The summed E-state index contributed by atoms with van der Waals surface area (Å²) in [6.45, 7) is 9.39. The summed E-state index contributed by atoms with van der Waals surface area (Å²) in [6.07, 6.45) is 0.673. The Bertz CT molecular complexity index is 217. The van der Waals surface area contributed by atoms with E-state index in [4.69, 9.17) is 10.8 Å². The lowest BCUT2D eigenvalue weighted by Crippen LogP contribution is -2.57. The second kappa shape index (κ2) is 4.94. The monoisotopic (exact) mass is 216 g/mol. The molecular weight excluding hydrogens is 192 g/mol. The van der Waals surface area contributed by atoms with Gasteiger partial charge in [0.2, 0.25) is 5.91 Å². The maximum absolute atomic E-state index is 11.8. The minimum Gasteiger partial charge on any atom is -0.394 e. The number of hydrogen-bond donors (Lipinski definition) is 3. The van der Waals surface area contributed by atoms with Crippen LogP contribution in [0.2, 0.25) is 0 Å². The van der Waals surface area contributed by atoms with Gasteiger partial charge in [0.15, 0.2) is 0 Å². The minimum absolute atomic E-state index is 0.0773. The quantitative estimate of drug-likeness (QED) is 0.645. The highest BCUT2D eigenvalue weighted by atomic mass is 16.3. The molecule has 1 unspecified atom stereocenters. The normalized spacial score (nSPS) is 18.1. The van der Waals surface area contributed by atoms with E-state index in [0.29, 0.717) is 6.42 Å². The Morgan fingerprint density at radius 2 is 1.87 bits per heavy atom. The summed E-state index contributed by atoms with van der Waals surface area (Å²) < 4.78 is 0. The maximum Gasteiger partial charge on any atom is 0.237 e. The highest BCUT2D eigenvalue weighted by Crippen LogP contribution is 2.18. The van der Waals surface area contributed by atoms with Gasteiger partial charge in [-0.1, -0.05) is 27.7 Å². The minimum atomic E-state index is -0.569. The Hall–Kier alpha value is -0.610. The second-order valence-corrected chi connectivity index (χ2v) is 5.41. The molecule has 0 aliphatic rings. The summed E-state index contributed by atoms with van der Waals surface area (Å²) in [5.74, 6) is -0.207. The average Bonchev–Trinajstić information content (AvgIpc) is 2.15. The Morgan fingerprint density at radius 3 is 2.13 bits per heavy atom. The first-order valence-electron chi connectivity index (χ1n) is 5.35. The molecule has 0 aliphatic heterocycles. The Morgan fingerprint density at radius 1 is 1.40 bits per heavy atom. The third-order valence-electron chi connectivity index (χ3n) is 2.77. The van der Waals surface area contributed by atoms with Gasteiger partial charge in [-0.05, 0) is 18.8 Å². The molecule has 0 aliphatic carbocycles. The molecule has 0 aromatic rings. The largest absolute Gasteiger partial charge is 0.394 e. The van der Waals surface area contributed by atoms with Crippen LogP contribution < -0.4 is 11.1 Å². The van der Waals surface area contributed by atoms with Gasteiger partial charge in [0.25, 0.3) is 0 Å². The van der Waals surface area contributed by atoms with Gasteiger partial charge in [0.05, 0.1) is 18.2 Å². The van der Waals surface area contributed by atoms with Crippen molar-refractivity contribution in [2.75, 3.05) is 6.61 Å². The molecule has 4 heteroatoms. The smallest absolute Gasteiger partial charge is 0.237 e. The van der Waals surface area contributed by atoms with Crippen LogP contribution >= 0.6 is 0 Å². The standard InChI is InChI=1S/C11H24N2O2/c1-6-11(5,7-14)13-9(15)8(12)10(2,3)4/h8,14H,6-7,12H2,1-5H3,(H,13,15)/t8-,11?/m1/s1. The lowest BCUT2D eigenvalue weighted by molar-refractivity contribution is -0.126. The molecule has 0 rings (SSSR count). The number of amides is 1. The lowest BCUT2D eigenvalue weighted by atomic mass is 9.86. The predicted octanol–water partition coefficient (Wildman–Crippen LogP) is 0.637. The second-order valence-electron chi connectivity index (χ2n) is 5.41. The molecule has 0 heterocycles. The van der Waals surface area contributed by atoms with Gasteiger partial charge >= 0.3 is 0 Å². The van der Waals surface area contributed by atoms with Crippen molar-refractivity contribution in [3.8, 4) is 0 Å². The predicted molar refractivity (Wildman–Crippen MR) is 61.4 cm³/mol. The number of nitrogens with one attached hydrogen (secondary N) is 1. The third kappa shape index (κ3) is 4.18. The van der Waals surface area contributed by atoms with E-state index in [0.717, 1.165) is 0 Å². The van der Waals surface area contributed by atoms with Crippen LogP contribution in [0.25, 0.3) is 0 Å².